The fraction of sp³-hybridized carbons (Fsp3) is 0.143. The number of anilines is 1. The fourth-order valence-corrected chi connectivity index (χ4v) is 1.95. The summed E-state index contributed by atoms with van der Waals surface area (Å²) in [6.45, 7) is 1.93. The highest BCUT2D eigenvalue weighted by atomic mass is 15.3. The molecular weight excluding hydrogens is 266 g/mol. The number of hydrogen-bond acceptors (Lipinski definition) is 6. The topological polar surface area (TPSA) is 94.5 Å². The lowest BCUT2D eigenvalue weighted by Crippen LogP contribution is -2.10. The molecule has 3 aromatic rings. The number of pyridine rings is 1. The lowest BCUT2D eigenvalue weighted by atomic mass is 10.2. The van der Waals surface area contributed by atoms with Gasteiger partial charge in [-0.05, 0) is 19.1 Å². The molecule has 3 N–H and O–H groups in total. The fourth-order valence-electron chi connectivity index (χ4n) is 1.95. The van der Waals surface area contributed by atoms with Crippen LogP contribution in [-0.4, -0.2) is 24.7 Å². The molecule has 0 bridgehead atoms. The second kappa shape index (κ2) is 5.29. The number of nitrogens with two attached hydrogens (primary N) is 1. The van der Waals surface area contributed by atoms with E-state index in [1.54, 1.807) is 23.1 Å². The number of nitrogen functional groups attached to an aromatic ring is 1. The Hall–Kier alpha value is -2.80. The first-order chi connectivity index (χ1) is 10.2. The Balaban J connectivity index is 2.10. The summed E-state index contributed by atoms with van der Waals surface area (Å²) in [5.74, 6) is 6.60. The van der Waals surface area contributed by atoms with E-state index in [0.29, 0.717) is 11.6 Å². The molecule has 0 fully saturated rings. The third kappa shape index (κ3) is 2.72. The van der Waals surface area contributed by atoms with Gasteiger partial charge in [0.15, 0.2) is 5.82 Å². The van der Waals surface area contributed by atoms with Crippen LogP contribution in [0.5, 0.6) is 0 Å². The molecule has 0 spiro atoms. The van der Waals surface area contributed by atoms with Gasteiger partial charge in [-0.2, -0.15) is 5.10 Å². The lowest BCUT2D eigenvalue weighted by Gasteiger charge is -2.06. The maximum Gasteiger partial charge on any atom is 0.163 e. The first-order valence-corrected chi connectivity index (χ1v) is 6.43. The van der Waals surface area contributed by atoms with E-state index in [-0.39, 0.29) is 0 Å². The Morgan fingerprint density at radius 3 is 2.62 bits per heavy atom. The maximum atomic E-state index is 5.50. The van der Waals surface area contributed by atoms with Crippen LogP contribution in [0, 0.1) is 6.92 Å². The van der Waals surface area contributed by atoms with Gasteiger partial charge in [-0.15, -0.1) is 0 Å². The molecule has 0 unspecified atom stereocenters. The normalized spacial score (nSPS) is 10.6. The van der Waals surface area contributed by atoms with Gasteiger partial charge in [0.2, 0.25) is 0 Å². The first kappa shape index (κ1) is 13.2. The minimum absolute atomic E-state index is 0.541. The molecular formula is C14H15N7. The Morgan fingerprint density at radius 1 is 1.14 bits per heavy atom. The van der Waals surface area contributed by atoms with E-state index in [2.05, 4.69) is 25.5 Å². The molecule has 21 heavy (non-hydrogen) atoms. The van der Waals surface area contributed by atoms with Gasteiger partial charge in [0.25, 0.3) is 0 Å². The quantitative estimate of drug-likeness (QED) is 0.558. The zero-order valence-corrected chi connectivity index (χ0v) is 11.8. The average molecular weight is 281 g/mol. The Morgan fingerprint density at radius 2 is 2.00 bits per heavy atom. The number of aromatic nitrogens is 5. The van der Waals surface area contributed by atoms with Gasteiger partial charge in [0.05, 0.1) is 11.9 Å². The molecule has 0 aliphatic heterocycles. The number of rotatable bonds is 3. The lowest BCUT2D eigenvalue weighted by molar-refractivity contribution is 0.768. The van der Waals surface area contributed by atoms with E-state index in [0.717, 1.165) is 22.5 Å². The van der Waals surface area contributed by atoms with Crippen molar-refractivity contribution in [2.45, 2.75) is 6.92 Å². The predicted octanol–water partition coefficient (Wildman–Crippen LogP) is 1.53. The number of hydrazine groups is 1. The van der Waals surface area contributed by atoms with Crippen LogP contribution in [0.2, 0.25) is 0 Å². The highest BCUT2D eigenvalue weighted by Gasteiger charge is 2.09. The molecule has 0 aliphatic rings. The molecule has 0 amide bonds. The third-order valence-corrected chi connectivity index (χ3v) is 3.04. The summed E-state index contributed by atoms with van der Waals surface area (Å²) in [5, 5.41) is 4.15. The molecule has 0 aromatic carbocycles. The van der Waals surface area contributed by atoms with Crippen molar-refractivity contribution in [3.05, 3.63) is 42.5 Å². The summed E-state index contributed by atoms with van der Waals surface area (Å²) in [6, 6.07) is 5.64. The molecule has 7 nitrogen and oxygen atoms in total. The van der Waals surface area contributed by atoms with Gasteiger partial charge >= 0.3 is 0 Å². The van der Waals surface area contributed by atoms with Crippen LogP contribution in [0.4, 0.5) is 5.82 Å². The van der Waals surface area contributed by atoms with Crippen LogP contribution in [0.15, 0.2) is 36.8 Å². The van der Waals surface area contributed by atoms with Crippen molar-refractivity contribution >= 4 is 5.82 Å². The minimum Gasteiger partial charge on any atom is -0.308 e. The Bertz CT molecular complexity index is 761. The highest BCUT2D eigenvalue weighted by Crippen LogP contribution is 2.23. The van der Waals surface area contributed by atoms with Crippen LogP contribution < -0.4 is 11.3 Å². The Labute approximate surface area is 121 Å². The van der Waals surface area contributed by atoms with Crippen molar-refractivity contribution in [2.24, 2.45) is 12.9 Å². The van der Waals surface area contributed by atoms with Crippen LogP contribution in [-0.2, 0) is 7.05 Å². The largest absolute Gasteiger partial charge is 0.308 e. The summed E-state index contributed by atoms with van der Waals surface area (Å²) in [6.07, 6.45) is 5.39. The second-order valence-electron chi connectivity index (χ2n) is 4.70. The van der Waals surface area contributed by atoms with Crippen LogP contribution in [0.25, 0.3) is 22.6 Å². The summed E-state index contributed by atoms with van der Waals surface area (Å²) >= 11 is 0. The van der Waals surface area contributed by atoms with Gasteiger partial charge in [0, 0.05) is 42.3 Å². The molecule has 0 aliphatic carbocycles. The van der Waals surface area contributed by atoms with Gasteiger partial charge in [-0.3, -0.25) is 9.67 Å². The van der Waals surface area contributed by atoms with Gasteiger partial charge < -0.3 is 5.43 Å². The third-order valence-electron chi connectivity index (χ3n) is 3.04. The van der Waals surface area contributed by atoms with E-state index >= 15 is 0 Å². The van der Waals surface area contributed by atoms with Crippen molar-refractivity contribution in [3.8, 4) is 22.6 Å². The molecule has 0 saturated carbocycles. The van der Waals surface area contributed by atoms with E-state index in [9.17, 15) is 0 Å². The van der Waals surface area contributed by atoms with E-state index in [1.807, 2.05) is 32.3 Å². The number of aryl methyl sites for hydroxylation is 2. The minimum atomic E-state index is 0.541. The average Bonchev–Trinajstić information content (AvgIpc) is 2.94. The van der Waals surface area contributed by atoms with E-state index in [4.69, 9.17) is 5.84 Å². The molecule has 106 valence electrons. The van der Waals surface area contributed by atoms with Crippen molar-refractivity contribution in [3.63, 3.8) is 0 Å². The van der Waals surface area contributed by atoms with Crippen LogP contribution in [0.1, 0.15) is 5.69 Å². The molecule has 3 rings (SSSR count). The van der Waals surface area contributed by atoms with Crippen molar-refractivity contribution in [1.82, 2.24) is 24.7 Å². The van der Waals surface area contributed by atoms with Gasteiger partial charge in [-0.1, -0.05) is 0 Å². The number of nitrogens with zero attached hydrogens (tertiary/aromatic N) is 5. The molecule has 0 atom stereocenters. The second-order valence-corrected chi connectivity index (χ2v) is 4.70. The molecule has 3 heterocycles. The number of hydrogen-bond donors (Lipinski definition) is 2. The SMILES string of the molecule is Cc1ccc(-c2nc(NN)cc(-c3cnn(C)c3)n2)cn1. The molecule has 0 radical (unpaired) electrons. The summed E-state index contributed by atoms with van der Waals surface area (Å²) in [7, 11) is 1.86. The van der Waals surface area contributed by atoms with Gasteiger partial charge in [-0.25, -0.2) is 15.8 Å². The van der Waals surface area contributed by atoms with Crippen molar-refractivity contribution < 1.29 is 0 Å². The van der Waals surface area contributed by atoms with Crippen LogP contribution in [0.3, 0.4) is 0 Å². The smallest absolute Gasteiger partial charge is 0.163 e. The zero-order chi connectivity index (χ0) is 14.8. The summed E-state index contributed by atoms with van der Waals surface area (Å²) < 4.78 is 1.72. The summed E-state index contributed by atoms with van der Waals surface area (Å²) in [5.41, 5.74) is 6.00. The van der Waals surface area contributed by atoms with Crippen molar-refractivity contribution in [1.29, 1.82) is 0 Å². The van der Waals surface area contributed by atoms with E-state index in [1.165, 1.54) is 0 Å². The number of nitrogens with one attached hydrogen (secondary N) is 1. The van der Waals surface area contributed by atoms with E-state index < -0.39 is 0 Å². The monoisotopic (exact) mass is 281 g/mol. The molecule has 3 aromatic heterocycles. The van der Waals surface area contributed by atoms with Crippen molar-refractivity contribution in [2.75, 3.05) is 5.43 Å². The zero-order valence-electron chi connectivity index (χ0n) is 11.8. The Kier molecular flexibility index (Phi) is 3.33. The van der Waals surface area contributed by atoms with Gasteiger partial charge in [0.1, 0.15) is 5.82 Å². The highest BCUT2D eigenvalue weighted by molar-refractivity contribution is 5.66. The molecule has 7 heteroatoms. The molecule has 0 saturated heterocycles. The maximum absolute atomic E-state index is 5.50. The first-order valence-electron chi connectivity index (χ1n) is 6.43. The van der Waals surface area contributed by atoms with Crippen LogP contribution >= 0.6 is 0 Å². The predicted molar refractivity (Wildman–Crippen MR) is 80.0 cm³/mol. The summed E-state index contributed by atoms with van der Waals surface area (Å²) in [4.78, 5) is 13.2. The standard InChI is InChI=1S/C14H15N7/c1-9-3-4-10(6-16-9)14-18-12(5-13(19-14)20-15)11-7-17-21(2)8-11/h3-8H,15H2,1-2H3,(H,18,19,20).